The molecule has 0 aromatic heterocycles. The van der Waals surface area contributed by atoms with Gasteiger partial charge in [-0.2, -0.15) is 0 Å². The smallest absolute Gasteiger partial charge is 0.262 e. The van der Waals surface area contributed by atoms with Crippen LogP contribution in [0.25, 0.3) is 0 Å². The number of oxime groups is 1. The molecule has 2 atom stereocenters. The van der Waals surface area contributed by atoms with Gasteiger partial charge in [0.1, 0.15) is 0 Å². The van der Waals surface area contributed by atoms with E-state index in [0.717, 1.165) is 6.42 Å². The first-order valence-corrected chi connectivity index (χ1v) is 7.56. The lowest BCUT2D eigenvalue weighted by atomic mass is 9.72. The van der Waals surface area contributed by atoms with E-state index in [1.165, 1.54) is 50.8 Å². The van der Waals surface area contributed by atoms with Gasteiger partial charge in [-0.1, -0.05) is 6.42 Å². The van der Waals surface area contributed by atoms with Gasteiger partial charge < -0.3 is 4.84 Å². The Bertz CT molecular complexity index is 306. The number of halogens is 1. The zero-order chi connectivity index (χ0) is 11.0. The molecule has 2 unspecified atom stereocenters. The summed E-state index contributed by atoms with van der Waals surface area (Å²) in [5.74, 6) is 0.524. The van der Waals surface area contributed by atoms with Gasteiger partial charge in [0.25, 0.3) is 5.14 Å². The summed E-state index contributed by atoms with van der Waals surface area (Å²) < 4.78 is 0. The lowest BCUT2D eigenvalue weighted by Gasteiger charge is -2.43. The normalized spacial score (nSPS) is 39.1. The number of nitrogens with zero attached hydrogens (tertiary/aromatic N) is 2. The summed E-state index contributed by atoms with van der Waals surface area (Å²) in [4.78, 5) is 8.46. The van der Waals surface area contributed by atoms with E-state index < -0.39 is 0 Å². The molecule has 1 radical (unpaired) electrons. The molecule has 16 heavy (non-hydrogen) atoms. The molecule has 1 saturated heterocycles. The van der Waals surface area contributed by atoms with Gasteiger partial charge >= 0.3 is 0 Å². The van der Waals surface area contributed by atoms with Crippen LogP contribution in [0.1, 0.15) is 38.5 Å². The molecule has 5 heteroatoms. The molecular weight excluding hydrogens is 314 g/mol. The lowest BCUT2D eigenvalue weighted by molar-refractivity contribution is -0.168. The molecule has 0 bridgehead atoms. The van der Waals surface area contributed by atoms with Crippen molar-refractivity contribution in [3.63, 3.8) is 0 Å². The maximum absolute atomic E-state index is 5.91. The molecule has 2 aliphatic heterocycles. The highest BCUT2D eigenvalue weighted by Crippen LogP contribution is 2.45. The summed E-state index contributed by atoms with van der Waals surface area (Å²) in [5, 5.41) is 6.43. The molecule has 0 aromatic rings. The Labute approximate surface area is 111 Å². The van der Waals surface area contributed by atoms with E-state index in [-0.39, 0.29) is 5.72 Å². The largest absolute Gasteiger partial charge is 0.373 e. The first kappa shape index (κ1) is 11.3. The SMILES string of the molecule is I[B]C1=NOC2(N3CCCC3)CCCCC12. The summed E-state index contributed by atoms with van der Waals surface area (Å²) in [5.41, 5.74) is 1.11. The number of fused-ring (bicyclic) bond motifs is 1. The first-order chi connectivity index (χ1) is 7.87. The third kappa shape index (κ3) is 1.62. The summed E-state index contributed by atoms with van der Waals surface area (Å²) in [6.07, 6.45) is 7.66. The molecule has 0 aromatic carbocycles. The monoisotopic (exact) mass is 331 g/mol. The van der Waals surface area contributed by atoms with Crippen molar-refractivity contribution in [3.8, 4) is 0 Å². The van der Waals surface area contributed by atoms with Gasteiger partial charge in [0.15, 0.2) is 5.72 Å². The lowest BCUT2D eigenvalue weighted by Crippen LogP contribution is -2.55. The van der Waals surface area contributed by atoms with Crippen molar-refractivity contribution in [1.29, 1.82) is 0 Å². The van der Waals surface area contributed by atoms with Crippen LogP contribution < -0.4 is 0 Å². The second-order valence-electron chi connectivity index (χ2n) is 5.05. The summed E-state index contributed by atoms with van der Waals surface area (Å²) in [6.45, 7) is 2.39. The Morgan fingerprint density at radius 2 is 2.12 bits per heavy atom. The molecule has 3 aliphatic rings. The minimum Gasteiger partial charge on any atom is -0.373 e. The van der Waals surface area contributed by atoms with Crippen LogP contribution in [-0.2, 0) is 4.84 Å². The maximum Gasteiger partial charge on any atom is 0.262 e. The third-order valence-corrected chi connectivity index (χ3v) is 4.88. The Balaban J connectivity index is 1.86. The number of hydrogen-bond acceptors (Lipinski definition) is 3. The molecule has 87 valence electrons. The van der Waals surface area contributed by atoms with Gasteiger partial charge in [0, 0.05) is 31.0 Å². The molecule has 0 amide bonds. The standard InChI is InChI=1S/C11H17BIN2O/c13-12-10-9-5-1-2-6-11(9,16-14-10)15-7-3-4-8-15/h9H,1-8H2. The molecule has 2 fully saturated rings. The van der Waals surface area contributed by atoms with E-state index in [1.807, 2.05) is 0 Å². The Hall–Kier alpha value is 0.225. The second-order valence-corrected chi connectivity index (χ2v) is 5.68. The van der Waals surface area contributed by atoms with E-state index in [2.05, 4.69) is 37.6 Å². The van der Waals surface area contributed by atoms with Crippen LogP contribution in [0.2, 0.25) is 0 Å². The average molecular weight is 331 g/mol. The van der Waals surface area contributed by atoms with E-state index in [9.17, 15) is 0 Å². The van der Waals surface area contributed by atoms with Crippen molar-refractivity contribution in [2.75, 3.05) is 13.1 Å². The van der Waals surface area contributed by atoms with Crippen molar-refractivity contribution in [3.05, 3.63) is 0 Å². The topological polar surface area (TPSA) is 24.8 Å². The first-order valence-electron chi connectivity index (χ1n) is 6.31. The predicted molar refractivity (Wildman–Crippen MR) is 73.8 cm³/mol. The van der Waals surface area contributed by atoms with E-state index >= 15 is 0 Å². The Morgan fingerprint density at radius 1 is 1.31 bits per heavy atom. The van der Waals surface area contributed by atoms with Crippen LogP contribution in [0.4, 0.5) is 0 Å². The predicted octanol–water partition coefficient (Wildman–Crippen LogP) is 2.37. The zero-order valence-electron chi connectivity index (χ0n) is 9.49. The van der Waals surface area contributed by atoms with Crippen LogP contribution in [0.5, 0.6) is 0 Å². The van der Waals surface area contributed by atoms with Gasteiger partial charge in [0.2, 0.25) is 0 Å². The van der Waals surface area contributed by atoms with Gasteiger partial charge in [-0.25, -0.2) is 0 Å². The number of likely N-dealkylation sites (tertiary alicyclic amines) is 1. The van der Waals surface area contributed by atoms with Crippen LogP contribution in [-0.4, -0.2) is 34.5 Å². The van der Waals surface area contributed by atoms with E-state index in [0.29, 0.717) is 5.92 Å². The molecule has 1 saturated carbocycles. The average Bonchev–Trinajstić information content (AvgIpc) is 2.97. The molecular formula is C11H17BIN2O. The molecule has 1 aliphatic carbocycles. The number of rotatable bonds is 2. The van der Waals surface area contributed by atoms with Crippen LogP contribution >= 0.6 is 22.4 Å². The third-order valence-electron chi connectivity index (χ3n) is 4.24. The minimum absolute atomic E-state index is 0.0637. The maximum atomic E-state index is 5.91. The molecule has 2 heterocycles. The van der Waals surface area contributed by atoms with Crippen molar-refractivity contribution < 1.29 is 4.84 Å². The zero-order valence-corrected chi connectivity index (χ0v) is 11.6. The van der Waals surface area contributed by atoms with Gasteiger partial charge in [-0.05, 0) is 25.7 Å². The highest BCUT2D eigenvalue weighted by Gasteiger charge is 2.53. The summed E-state index contributed by atoms with van der Waals surface area (Å²) >= 11 is 2.29. The molecule has 3 rings (SSSR count). The quantitative estimate of drug-likeness (QED) is 0.573. The van der Waals surface area contributed by atoms with Crippen LogP contribution in [0.3, 0.4) is 0 Å². The summed E-state index contributed by atoms with van der Waals surface area (Å²) in [7, 11) is 0. The molecule has 0 N–H and O–H groups in total. The van der Waals surface area contributed by atoms with Gasteiger partial charge in [0.05, 0.1) is 0 Å². The van der Waals surface area contributed by atoms with E-state index in [1.54, 1.807) is 0 Å². The van der Waals surface area contributed by atoms with Gasteiger partial charge in [-0.15, -0.1) is 27.5 Å². The van der Waals surface area contributed by atoms with Crippen molar-refractivity contribution in [2.24, 2.45) is 11.1 Å². The van der Waals surface area contributed by atoms with Crippen LogP contribution in [0, 0.1) is 5.92 Å². The fraction of sp³-hybridized carbons (Fsp3) is 0.909. The second kappa shape index (κ2) is 4.48. The number of hydrogen-bond donors (Lipinski definition) is 0. The van der Waals surface area contributed by atoms with Crippen LogP contribution in [0.15, 0.2) is 5.16 Å². The van der Waals surface area contributed by atoms with Crippen molar-refractivity contribution >= 4 is 33.1 Å². The van der Waals surface area contributed by atoms with E-state index in [4.69, 9.17) is 4.84 Å². The van der Waals surface area contributed by atoms with Crippen molar-refractivity contribution in [2.45, 2.75) is 44.2 Å². The minimum atomic E-state index is -0.0637. The fourth-order valence-corrected chi connectivity index (χ4v) is 3.99. The molecule has 0 spiro atoms. The highest BCUT2D eigenvalue weighted by atomic mass is 127. The fourth-order valence-electron chi connectivity index (χ4n) is 3.44. The highest BCUT2D eigenvalue weighted by molar-refractivity contribution is 14.1. The molecule has 3 nitrogen and oxygen atoms in total. The summed E-state index contributed by atoms with van der Waals surface area (Å²) in [6, 6.07) is 0. The van der Waals surface area contributed by atoms with Gasteiger partial charge in [-0.3, -0.25) is 4.90 Å². The Kier molecular flexibility index (Phi) is 3.17. The Morgan fingerprint density at radius 3 is 2.88 bits per heavy atom. The van der Waals surface area contributed by atoms with Crippen molar-refractivity contribution in [1.82, 2.24) is 4.90 Å².